The first-order valence-electron chi connectivity index (χ1n) is 8.76. The number of carbonyl (C=O) groups is 2. The summed E-state index contributed by atoms with van der Waals surface area (Å²) in [7, 11) is 0. The Morgan fingerprint density at radius 3 is 1.96 bits per heavy atom. The molecule has 9 heteroatoms. The smallest absolute Gasteiger partial charge is 0.331 e. The third kappa shape index (κ3) is 3.37. The Hall–Kier alpha value is -1.52. The molecular formula is C17H22O9. The summed E-state index contributed by atoms with van der Waals surface area (Å²) in [5.74, 6) is -1.09. The molecule has 0 radical (unpaired) electrons. The molecule has 0 spiro atoms. The van der Waals surface area contributed by atoms with Crippen LogP contribution in [0.4, 0.5) is 0 Å². The van der Waals surface area contributed by atoms with E-state index in [1.165, 1.54) is 0 Å². The molecule has 4 fully saturated rings. The number of carbonyl (C=O) groups excluding carboxylic acids is 2. The van der Waals surface area contributed by atoms with Gasteiger partial charge in [-0.3, -0.25) is 0 Å². The second-order valence-electron chi connectivity index (χ2n) is 7.02. The van der Waals surface area contributed by atoms with Crippen LogP contribution in [0.15, 0.2) is 12.2 Å². The summed E-state index contributed by atoms with van der Waals surface area (Å²) in [6.45, 7) is 3.18. The molecule has 8 atom stereocenters. The highest BCUT2D eigenvalue weighted by atomic mass is 16.6. The molecule has 4 aliphatic heterocycles. The van der Waals surface area contributed by atoms with Crippen LogP contribution in [0.25, 0.3) is 0 Å². The van der Waals surface area contributed by atoms with Crippen molar-refractivity contribution in [3.63, 3.8) is 0 Å². The van der Waals surface area contributed by atoms with Crippen LogP contribution >= 0.6 is 0 Å². The van der Waals surface area contributed by atoms with Gasteiger partial charge >= 0.3 is 11.9 Å². The molecule has 4 saturated heterocycles. The first-order chi connectivity index (χ1) is 12.5. The lowest BCUT2D eigenvalue weighted by Crippen LogP contribution is -2.34. The third-order valence-corrected chi connectivity index (χ3v) is 5.13. The Kier molecular flexibility index (Phi) is 4.98. The predicted molar refractivity (Wildman–Crippen MR) is 83.0 cm³/mol. The van der Waals surface area contributed by atoms with Crippen LogP contribution in [0.3, 0.4) is 0 Å². The molecule has 0 aromatic carbocycles. The quantitative estimate of drug-likeness (QED) is 0.490. The van der Waals surface area contributed by atoms with Crippen molar-refractivity contribution in [1.29, 1.82) is 0 Å². The van der Waals surface area contributed by atoms with E-state index in [1.54, 1.807) is 0 Å². The van der Waals surface area contributed by atoms with Gasteiger partial charge in [-0.15, -0.1) is 0 Å². The zero-order valence-corrected chi connectivity index (χ0v) is 14.3. The summed E-state index contributed by atoms with van der Waals surface area (Å²) in [5.41, 5.74) is 0. The standard InChI is InChI=1S/C17H22O9/c1-8-4-21-16-10(6-23-14(8)16)25-12(19)2-3-13(20)26-11-7-24-15-9(18)5-22-17(11)15/h2-3,8-11,14-18H,4-7H2,1H3/b3-2+/t8-,9+,10+,11-,14+,15+,16+,17+/m0/s1. The summed E-state index contributed by atoms with van der Waals surface area (Å²) >= 11 is 0. The van der Waals surface area contributed by atoms with E-state index in [2.05, 4.69) is 0 Å². The van der Waals surface area contributed by atoms with Crippen molar-refractivity contribution < 1.29 is 43.1 Å². The fourth-order valence-corrected chi connectivity index (χ4v) is 3.81. The van der Waals surface area contributed by atoms with Gasteiger partial charge in [-0.2, -0.15) is 0 Å². The van der Waals surface area contributed by atoms with Gasteiger partial charge in [0, 0.05) is 18.1 Å². The second-order valence-corrected chi connectivity index (χ2v) is 7.02. The number of aliphatic hydroxyl groups is 1. The van der Waals surface area contributed by atoms with Crippen molar-refractivity contribution in [3.05, 3.63) is 12.2 Å². The van der Waals surface area contributed by atoms with E-state index >= 15 is 0 Å². The summed E-state index contributed by atoms with van der Waals surface area (Å²) in [5, 5.41) is 9.66. The Morgan fingerprint density at radius 1 is 0.808 bits per heavy atom. The largest absolute Gasteiger partial charge is 0.454 e. The monoisotopic (exact) mass is 370 g/mol. The van der Waals surface area contributed by atoms with E-state index in [0.29, 0.717) is 6.61 Å². The Labute approximate surface area is 150 Å². The maximum absolute atomic E-state index is 11.9. The van der Waals surface area contributed by atoms with Gasteiger partial charge in [-0.05, 0) is 0 Å². The Bertz CT molecular complexity index is 541. The van der Waals surface area contributed by atoms with E-state index in [9.17, 15) is 14.7 Å². The molecule has 144 valence electrons. The fraction of sp³-hybridized carbons (Fsp3) is 0.765. The molecule has 26 heavy (non-hydrogen) atoms. The molecule has 9 nitrogen and oxygen atoms in total. The summed E-state index contributed by atoms with van der Waals surface area (Å²) in [6, 6.07) is 0. The van der Waals surface area contributed by atoms with Crippen LogP contribution in [0.5, 0.6) is 0 Å². The summed E-state index contributed by atoms with van der Waals surface area (Å²) < 4.78 is 32.5. The van der Waals surface area contributed by atoms with Gasteiger partial charge in [0.2, 0.25) is 0 Å². The van der Waals surface area contributed by atoms with Crippen molar-refractivity contribution in [2.24, 2.45) is 5.92 Å². The first kappa shape index (κ1) is 17.9. The fourth-order valence-electron chi connectivity index (χ4n) is 3.81. The van der Waals surface area contributed by atoms with Crippen LogP contribution in [0, 0.1) is 5.92 Å². The Morgan fingerprint density at radius 2 is 1.31 bits per heavy atom. The van der Waals surface area contributed by atoms with Crippen molar-refractivity contribution in [2.45, 2.75) is 49.7 Å². The molecule has 4 heterocycles. The van der Waals surface area contributed by atoms with Gasteiger partial charge in [0.05, 0.1) is 32.5 Å². The van der Waals surface area contributed by atoms with Gasteiger partial charge < -0.3 is 33.5 Å². The highest BCUT2D eigenvalue weighted by Crippen LogP contribution is 2.32. The normalized spacial score (nSPS) is 44.2. The highest BCUT2D eigenvalue weighted by molar-refractivity contribution is 5.91. The zero-order valence-electron chi connectivity index (χ0n) is 14.3. The molecule has 0 bridgehead atoms. The van der Waals surface area contributed by atoms with E-state index in [4.69, 9.17) is 28.4 Å². The van der Waals surface area contributed by atoms with Gasteiger partial charge in [0.25, 0.3) is 0 Å². The average Bonchev–Trinajstić information content (AvgIpc) is 3.35. The average molecular weight is 370 g/mol. The Balaban J connectivity index is 1.24. The van der Waals surface area contributed by atoms with Crippen LogP contribution in [-0.4, -0.2) is 86.2 Å². The molecule has 0 aromatic heterocycles. The summed E-state index contributed by atoms with van der Waals surface area (Å²) in [4.78, 5) is 23.8. The molecule has 0 aromatic rings. The van der Waals surface area contributed by atoms with E-state index < -0.39 is 42.5 Å². The van der Waals surface area contributed by atoms with Gasteiger partial charge in [-0.1, -0.05) is 6.92 Å². The number of hydrogen-bond donors (Lipinski definition) is 1. The first-order valence-corrected chi connectivity index (χ1v) is 8.76. The van der Waals surface area contributed by atoms with Gasteiger partial charge in [0.15, 0.2) is 12.2 Å². The molecule has 4 aliphatic rings. The number of aliphatic hydroxyl groups excluding tert-OH is 1. The third-order valence-electron chi connectivity index (χ3n) is 5.13. The maximum atomic E-state index is 11.9. The van der Waals surface area contributed by atoms with Crippen molar-refractivity contribution in [2.75, 3.05) is 26.4 Å². The minimum atomic E-state index is -0.716. The topological polar surface area (TPSA) is 110 Å². The van der Waals surface area contributed by atoms with E-state index in [-0.39, 0.29) is 37.9 Å². The second kappa shape index (κ2) is 7.24. The van der Waals surface area contributed by atoms with Crippen molar-refractivity contribution in [3.8, 4) is 0 Å². The zero-order chi connectivity index (χ0) is 18.3. The lowest BCUT2D eigenvalue weighted by Gasteiger charge is -2.16. The lowest BCUT2D eigenvalue weighted by atomic mass is 10.0. The number of ether oxygens (including phenoxy) is 6. The molecule has 0 amide bonds. The van der Waals surface area contributed by atoms with Crippen LogP contribution < -0.4 is 0 Å². The van der Waals surface area contributed by atoms with Gasteiger partial charge in [-0.25, -0.2) is 9.59 Å². The molecule has 0 saturated carbocycles. The minimum Gasteiger partial charge on any atom is -0.454 e. The molecular weight excluding hydrogens is 348 g/mol. The lowest BCUT2D eigenvalue weighted by molar-refractivity contribution is -0.150. The predicted octanol–water partition coefficient (Wildman–Crippen LogP) is -1.04. The van der Waals surface area contributed by atoms with Crippen LogP contribution in [0.1, 0.15) is 6.92 Å². The number of fused-ring (bicyclic) bond motifs is 2. The molecule has 0 unspecified atom stereocenters. The number of hydrogen-bond acceptors (Lipinski definition) is 9. The molecule has 4 rings (SSSR count). The molecule has 1 N–H and O–H groups in total. The summed E-state index contributed by atoms with van der Waals surface area (Å²) in [6.07, 6.45) is -1.05. The van der Waals surface area contributed by atoms with Crippen LogP contribution in [0.2, 0.25) is 0 Å². The van der Waals surface area contributed by atoms with Crippen LogP contribution in [-0.2, 0) is 38.0 Å². The SMILES string of the molecule is C[C@H]1CO[C@H]2[C@@H]1OC[C@H]2OC(=O)/C=C/C(=O)O[C@H]1CO[C@H]2[C@@H]1OC[C@H]2O. The highest BCUT2D eigenvalue weighted by Gasteiger charge is 2.49. The van der Waals surface area contributed by atoms with E-state index in [0.717, 1.165) is 12.2 Å². The minimum absolute atomic E-state index is 0.0566. The maximum Gasteiger partial charge on any atom is 0.331 e. The number of rotatable bonds is 4. The van der Waals surface area contributed by atoms with E-state index in [1.807, 2.05) is 6.92 Å². The molecule has 0 aliphatic carbocycles. The van der Waals surface area contributed by atoms with Gasteiger partial charge in [0.1, 0.15) is 24.4 Å². The van der Waals surface area contributed by atoms with Crippen molar-refractivity contribution >= 4 is 11.9 Å². The van der Waals surface area contributed by atoms with Crippen molar-refractivity contribution in [1.82, 2.24) is 0 Å². The number of esters is 2.